The van der Waals surface area contributed by atoms with E-state index in [1.807, 2.05) is 43.4 Å². The van der Waals surface area contributed by atoms with Crippen LogP contribution in [-0.2, 0) is 6.54 Å². The summed E-state index contributed by atoms with van der Waals surface area (Å²) < 4.78 is 1.75. The molecule has 2 N–H and O–H groups in total. The first-order valence-corrected chi connectivity index (χ1v) is 9.09. The fourth-order valence-electron chi connectivity index (χ4n) is 3.11. The van der Waals surface area contributed by atoms with Crippen LogP contribution in [0.4, 0.5) is 17.3 Å². The van der Waals surface area contributed by atoms with Crippen molar-refractivity contribution in [3.05, 3.63) is 66.6 Å². The summed E-state index contributed by atoms with van der Waals surface area (Å²) in [5, 5.41) is 15.7. The molecule has 5 rings (SSSR count). The molecule has 4 heterocycles. The van der Waals surface area contributed by atoms with Gasteiger partial charge >= 0.3 is 0 Å². The van der Waals surface area contributed by atoms with Gasteiger partial charge in [-0.2, -0.15) is 0 Å². The molecule has 0 aliphatic rings. The highest BCUT2D eigenvalue weighted by atomic mass is 15.5. The summed E-state index contributed by atoms with van der Waals surface area (Å²) >= 11 is 0. The lowest BCUT2D eigenvalue weighted by molar-refractivity contribution is 0.664. The molecule has 0 amide bonds. The second-order valence-corrected chi connectivity index (χ2v) is 6.48. The molecule has 0 bridgehead atoms. The molecular weight excluding hydrogens is 366 g/mol. The molecule has 0 fully saturated rings. The molecule has 0 saturated heterocycles. The van der Waals surface area contributed by atoms with E-state index in [9.17, 15) is 0 Å². The van der Waals surface area contributed by atoms with Crippen molar-refractivity contribution in [1.29, 1.82) is 0 Å². The summed E-state index contributed by atoms with van der Waals surface area (Å²) in [5.41, 5.74) is 4.03. The zero-order valence-corrected chi connectivity index (χ0v) is 15.6. The molecule has 29 heavy (non-hydrogen) atoms. The number of nitrogens with one attached hydrogen (secondary N) is 2. The van der Waals surface area contributed by atoms with E-state index in [-0.39, 0.29) is 0 Å². The molecular formula is C20H17N9. The van der Waals surface area contributed by atoms with E-state index in [1.54, 1.807) is 23.3 Å². The van der Waals surface area contributed by atoms with E-state index in [1.165, 1.54) is 0 Å². The molecule has 0 aliphatic heterocycles. The van der Waals surface area contributed by atoms with Gasteiger partial charge in [-0.25, -0.2) is 19.6 Å². The van der Waals surface area contributed by atoms with Crippen molar-refractivity contribution in [2.75, 3.05) is 17.7 Å². The van der Waals surface area contributed by atoms with Gasteiger partial charge in [-0.15, -0.1) is 5.10 Å². The van der Waals surface area contributed by atoms with Crippen LogP contribution in [0.1, 0.15) is 5.56 Å². The molecule has 1 aromatic carbocycles. The molecule has 9 heteroatoms. The zero-order chi connectivity index (χ0) is 19.6. The normalized spacial score (nSPS) is 11.1. The van der Waals surface area contributed by atoms with Crippen molar-refractivity contribution in [3.8, 4) is 0 Å². The van der Waals surface area contributed by atoms with Crippen molar-refractivity contribution < 1.29 is 0 Å². The number of rotatable bonds is 5. The van der Waals surface area contributed by atoms with E-state index in [2.05, 4.69) is 46.9 Å². The average molecular weight is 383 g/mol. The van der Waals surface area contributed by atoms with Crippen molar-refractivity contribution >= 4 is 39.5 Å². The van der Waals surface area contributed by atoms with Crippen LogP contribution in [0.2, 0.25) is 0 Å². The Morgan fingerprint density at radius 3 is 2.86 bits per heavy atom. The summed E-state index contributed by atoms with van der Waals surface area (Å²) in [6, 6.07) is 13.9. The second-order valence-electron chi connectivity index (χ2n) is 6.48. The van der Waals surface area contributed by atoms with Gasteiger partial charge in [0.25, 0.3) is 0 Å². The lowest BCUT2D eigenvalue weighted by Crippen LogP contribution is -2.04. The first-order chi connectivity index (χ1) is 14.3. The van der Waals surface area contributed by atoms with Gasteiger partial charge in [-0.1, -0.05) is 17.3 Å². The highest BCUT2D eigenvalue weighted by molar-refractivity contribution is 5.79. The predicted octanol–water partition coefficient (Wildman–Crippen LogP) is 3.00. The monoisotopic (exact) mass is 383 g/mol. The number of nitrogens with zero attached hydrogens (tertiary/aromatic N) is 7. The summed E-state index contributed by atoms with van der Waals surface area (Å²) in [4.78, 5) is 17.6. The van der Waals surface area contributed by atoms with Crippen molar-refractivity contribution in [2.45, 2.75) is 6.54 Å². The second kappa shape index (κ2) is 7.12. The summed E-state index contributed by atoms with van der Waals surface area (Å²) in [6.45, 7) is 0.540. The number of anilines is 3. The quantitative estimate of drug-likeness (QED) is 0.477. The van der Waals surface area contributed by atoms with Gasteiger partial charge in [0.05, 0.1) is 18.3 Å². The molecule has 0 spiro atoms. The Kier molecular flexibility index (Phi) is 4.17. The minimum Gasteiger partial charge on any atom is -0.373 e. The smallest absolute Gasteiger partial charge is 0.221 e. The maximum absolute atomic E-state index is 4.66. The minimum atomic E-state index is 0.503. The molecule has 9 nitrogen and oxygen atoms in total. The van der Waals surface area contributed by atoms with E-state index in [0.717, 1.165) is 28.0 Å². The fraction of sp³-hybridized carbons (Fsp3) is 0.100. The fourth-order valence-corrected chi connectivity index (χ4v) is 3.11. The lowest BCUT2D eigenvalue weighted by Gasteiger charge is -2.07. The molecule has 0 aliphatic carbocycles. The largest absolute Gasteiger partial charge is 0.373 e. The van der Waals surface area contributed by atoms with Gasteiger partial charge in [-0.3, -0.25) is 4.98 Å². The minimum absolute atomic E-state index is 0.503. The molecule has 142 valence electrons. The predicted molar refractivity (Wildman–Crippen MR) is 111 cm³/mol. The standard InChI is InChI=1S/C20H17N9/c1-21-17-10-15(6-8-23-17)25-18-11-24-19-20(26-18)29(28-27-19)12-13-4-5-16-14(9-13)3-2-7-22-16/h2-11H,12H2,1H3,(H2,21,23,25,26). The Labute approximate surface area is 165 Å². The number of hydrogen-bond donors (Lipinski definition) is 2. The molecule has 0 saturated carbocycles. The topological polar surface area (TPSA) is 106 Å². The Bertz CT molecular complexity index is 1310. The highest BCUT2D eigenvalue weighted by Gasteiger charge is 2.10. The number of pyridine rings is 2. The molecule has 0 unspecified atom stereocenters. The van der Waals surface area contributed by atoms with Gasteiger partial charge in [0.2, 0.25) is 5.65 Å². The van der Waals surface area contributed by atoms with Gasteiger partial charge in [0, 0.05) is 36.6 Å². The first-order valence-electron chi connectivity index (χ1n) is 9.09. The third-order valence-corrected chi connectivity index (χ3v) is 4.52. The summed E-state index contributed by atoms with van der Waals surface area (Å²) in [7, 11) is 1.82. The Morgan fingerprint density at radius 2 is 1.93 bits per heavy atom. The molecule has 4 aromatic heterocycles. The van der Waals surface area contributed by atoms with Crippen LogP contribution in [0.25, 0.3) is 22.2 Å². The van der Waals surface area contributed by atoms with Crippen molar-refractivity contribution in [3.63, 3.8) is 0 Å². The first kappa shape index (κ1) is 17.0. The van der Waals surface area contributed by atoms with E-state index in [0.29, 0.717) is 23.7 Å². The van der Waals surface area contributed by atoms with Gasteiger partial charge in [0.1, 0.15) is 5.82 Å². The molecule has 0 atom stereocenters. The van der Waals surface area contributed by atoms with Crippen molar-refractivity contribution in [2.24, 2.45) is 0 Å². The van der Waals surface area contributed by atoms with Gasteiger partial charge in [0.15, 0.2) is 11.5 Å². The van der Waals surface area contributed by atoms with Gasteiger partial charge < -0.3 is 10.6 Å². The Morgan fingerprint density at radius 1 is 0.966 bits per heavy atom. The number of fused-ring (bicyclic) bond motifs is 2. The van der Waals surface area contributed by atoms with Crippen LogP contribution in [0.5, 0.6) is 0 Å². The molecule has 5 aromatic rings. The van der Waals surface area contributed by atoms with Crippen LogP contribution >= 0.6 is 0 Å². The van der Waals surface area contributed by atoms with Gasteiger partial charge in [-0.05, 0) is 29.8 Å². The maximum Gasteiger partial charge on any atom is 0.221 e. The Balaban J connectivity index is 1.45. The van der Waals surface area contributed by atoms with E-state index < -0.39 is 0 Å². The number of benzene rings is 1. The summed E-state index contributed by atoms with van der Waals surface area (Å²) in [6.07, 6.45) is 5.16. The number of aromatic nitrogens is 7. The number of hydrogen-bond acceptors (Lipinski definition) is 8. The van der Waals surface area contributed by atoms with Crippen LogP contribution in [0.3, 0.4) is 0 Å². The Hall–Kier alpha value is -4.14. The zero-order valence-electron chi connectivity index (χ0n) is 15.6. The van der Waals surface area contributed by atoms with Crippen molar-refractivity contribution in [1.82, 2.24) is 34.9 Å². The molecule has 0 radical (unpaired) electrons. The van der Waals surface area contributed by atoms with Crippen LogP contribution in [-0.4, -0.2) is 42.0 Å². The lowest BCUT2D eigenvalue weighted by atomic mass is 10.1. The average Bonchev–Trinajstić information content (AvgIpc) is 3.16. The third kappa shape index (κ3) is 3.41. The van der Waals surface area contributed by atoms with Crippen LogP contribution < -0.4 is 10.6 Å². The third-order valence-electron chi connectivity index (χ3n) is 4.52. The van der Waals surface area contributed by atoms with E-state index in [4.69, 9.17) is 0 Å². The van der Waals surface area contributed by atoms with Crippen LogP contribution in [0.15, 0.2) is 61.1 Å². The maximum atomic E-state index is 4.66. The van der Waals surface area contributed by atoms with Crippen LogP contribution in [0, 0.1) is 0 Å². The SMILES string of the molecule is CNc1cc(Nc2cnc3nnn(Cc4ccc5ncccc5c4)c3n2)ccn1. The highest BCUT2D eigenvalue weighted by Crippen LogP contribution is 2.19. The van der Waals surface area contributed by atoms with E-state index >= 15 is 0 Å². The summed E-state index contributed by atoms with van der Waals surface area (Å²) in [5.74, 6) is 1.37.